The molecule has 0 saturated carbocycles. The molecule has 31 heavy (non-hydrogen) atoms. The van der Waals surface area contributed by atoms with Crippen molar-refractivity contribution in [2.75, 3.05) is 41.3 Å². The summed E-state index contributed by atoms with van der Waals surface area (Å²) in [5.41, 5.74) is 0. The van der Waals surface area contributed by atoms with Crippen LogP contribution in [0, 0.1) is 0 Å². The van der Waals surface area contributed by atoms with Crippen LogP contribution in [0.1, 0.15) is 103 Å². The fraction of sp³-hybridized carbons (Fsp3) is 0.957. The standard InChI is InChI=1S/C22H46N2O.CH4O4S/c1-5-6-7-8-9-10-11-12-13-14-15-16-17-19-22(25)23-20-18-21-24(2,3)4;1-5-6(2,3)4/h5-21H2,1-4H3;1H3,(H,2,3,4). The van der Waals surface area contributed by atoms with E-state index in [1.807, 2.05) is 0 Å². The first kappa shape index (κ1) is 32.5. The molecule has 0 unspecified atom stereocenters. The van der Waals surface area contributed by atoms with Gasteiger partial charge in [-0.3, -0.25) is 8.98 Å². The van der Waals surface area contributed by atoms with Gasteiger partial charge in [0.25, 0.3) is 0 Å². The van der Waals surface area contributed by atoms with E-state index in [9.17, 15) is 17.8 Å². The van der Waals surface area contributed by atoms with E-state index in [1.54, 1.807) is 0 Å². The van der Waals surface area contributed by atoms with Gasteiger partial charge in [-0.2, -0.15) is 0 Å². The van der Waals surface area contributed by atoms with E-state index >= 15 is 0 Å². The number of quaternary nitrogens is 1. The van der Waals surface area contributed by atoms with Crippen LogP contribution in [-0.2, 0) is 19.4 Å². The average Bonchev–Trinajstić information content (AvgIpc) is 2.68. The Morgan fingerprint density at radius 3 is 1.55 bits per heavy atom. The highest BCUT2D eigenvalue weighted by atomic mass is 32.3. The second kappa shape index (κ2) is 21.2. The number of unbranched alkanes of at least 4 members (excludes halogenated alkanes) is 12. The third-order valence-corrected chi connectivity index (χ3v) is 5.45. The second-order valence-corrected chi connectivity index (χ2v) is 10.4. The van der Waals surface area contributed by atoms with E-state index in [4.69, 9.17) is 0 Å². The predicted molar refractivity (Wildman–Crippen MR) is 128 cm³/mol. The number of carbonyl (C=O) groups excluding carboxylic acids is 1. The first-order valence-electron chi connectivity index (χ1n) is 12.1. The van der Waals surface area contributed by atoms with E-state index in [-0.39, 0.29) is 5.91 Å². The number of carbonyl (C=O) groups is 1. The van der Waals surface area contributed by atoms with Crippen LogP contribution in [0.3, 0.4) is 0 Å². The van der Waals surface area contributed by atoms with Crippen molar-refractivity contribution in [2.24, 2.45) is 0 Å². The van der Waals surface area contributed by atoms with Crippen LogP contribution >= 0.6 is 0 Å². The van der Waals surface area contributed by atoms with Crippen LogP contribution < -0.4 is 5.32 Å². The molecule has 0 aromatic carbocycles. The van der Waals surface area contributed by atoms with E-state index in [0.717, 1.165) is 37.5 Å². The number of nitrogens with zero attached hydrogens (tertiary/aromatic N) is 1. The summed E-state index contributed by atoms with van der Waals surface area (Å²) in [6, 6.07) is 0. The molecular weight excluding hydrogens is 416 g/mol. The smallest absolute Gasteiger partial charge is 0.219 e. The number of hydrogen-bond acceptors (Lipinski definition) is 5. The molecular formula is C23H50N2O5S. The van der Waals surface area contributed by atoms with E-state index < -0.39 is 10.4 Å². The summed E-state index contributed by atoms with van der Waals surface area (Å²) >= 11 is 0. The number of rotatable bonds is 19. The fourth-order valence-corrected chi connectivity index (χ4v) is 3.17. The van der Waals surface area contributed by atoms with Crippen molar-refractivity contribution in [3.8, 4) is 0 Å². The van der Waals surface area contributed by atoms with Gasteiger partial charge in [0.1, 0.15) is 0 Å². The fourth-order valence-electron chi connectivity index (χ4n) is 3.17. The predicted octanol–water partition coefficient (Wildman–Crippen LogP) is 4.77. The first-order valence-corrected chi connectivity index (χ1v) is 13.4. The topological polar surface area (TPSA) is 95.5 Å². The van der Waals surface area contributed by atoms with Gasteiger partial charge in [-0.15, -0.1) is 0 Å². The summed E-state index contributed by atoms with van der Waals surface area (Å²) in [6.45, 7) is 4.21. The lowest BCUT2D eigenvalue weighted by Crippen LogP contribution is -2.37. The van der Waals surface area contributed by atoms with Gasteiger partial charge in [-0.25, -0.2) is 8.42 Å². The third kappa shape index (κ3) is 34.1. The SMILES string of the molecule is CCCCCCCCCCCCCCCC(=O)NCCC[N+](C)(C)C.COS(=O)(=O)[O-]. The molecule has 0 radical (unpaired) electrons. The number of nitrogens with one attached hydrogen (secondary N) is 1. The van der Waals surface area contributed by atoms with Crippen molar-refractivity contribution < 1.29 is 26.4 Å². The van der Waals surface area contributed by atoms with Crippen LogP contribution in [0.5, 0.6) is 0 Å². The van der Waals surface area contributed by atoms with Crippen molar-refractivity contribution in [3.63, 3.8) is 0 Å². The lowest BCUT2D eigenvalue weighted by atomic mass is 10.0. The first-order chi connectivity index (χ1) is 14.5. The summed E-state index contributed by atoms with van der Waals surface area (Å²) in [6.07, 6.45) is 19.4. The normalized spacial score (nSPS) is 11.7. The molecule has 0 atom stereocenters. The Labute approximate surface area is 192 Å². The van der Waals surface area contributed by atoms with Crippen molar-refractivity contribution in [1.29, 1.82) is 0 Å². The monoisotopic (exact) mass is 466 g/mol. The highest BCUT2D eigenvalue weighted by Crippen LogP contribution is 2.12. The minimum atomic E-state index is -4.41. The largest absolute Gasteiger partial charge is 0.726 e. The summed E-state index contributed by atoms with van der Waals surface area (Å²) in [5, 5.41) is 3.05. The van der Waals surface area contributed by atoms with Gasteiger partial charge < -0.3 is 14.4 Å². The van der Waals surface area contributed by atoms with E-state index in [1.165, 1.54) is 77.0 Å². The Hall–Kier alpha value is -0.700. The molecule has 0 heterocycles. The molecule has 0 fully saturated rings. The molecule has 0 spiro atoms. The maximum atomic E-state index is 11.8. The van der Waals surface area contributed by atoms with Crippen LogP contribution in [0.25, 0.3) is 0 Å². The Balaban J connectivity index is 0. The Bertz CT molecular complexity index is 505. The van der Waals surface area contributed by atoms with Crippen molar-refractivity contribution in [3.05, 3.63) is 0 Å². The van der Waals surface area contributed by atoms with Crippen LogP contribution in [0.2, 0.25) is 0 Å². The average molecular weight is 467 g/mol. The van der Waals surface area contributed by atoms with Gasteiger partial charge in [-0.05, 0) is 6.42 Å². The van der Waals surface area contributed by atoms with Gasteiger partial charge in [-0.1, -0.05) is 84.0 Å². The molecule has 0 aliphatic heterocycles. The maximum Gasteiger partial charge on any atom is 0.219 e. The van der Waals surface area contributed by atoms with Gasteiger partial charge >= 0.3 is 0 Å². The quantitative estimate of drug-likeness (QED) is 0.128. The Kier molecular flexibility index (Phi) is 22.2. The molecule has 0 saturated heterocycles. The minimum Gasteiger partial charge on any atom is -0.726 e. The molecule has 0 rings (SSSR count). The van der Waals surface area contributed by atoms with Crippen molar-refractivity contribution in [2.45, 2.75) is 103 Å². The van der Waals surface area contributed by atoms with Gasteiger partial charge in [0.2, 0.25) is 16.3 Å². The molecule has 1 amide bonds. The molecule has 188 valence electrons. The lowest BCUT2D eigenvalue weighted by molar-refractivity contribution is -0.870. The van der Waals surface area contributed by atoms with Gasteiger partial charge in [0.05, 0.1) is 34.8 Å². The summed E-state index contributed by atoms with van der Waals surface area (Å²) in [4.78, 5) is 11.8. The molecule has 8 heteroatoms. The molecule has 1 N–H and O–H groups in total. The highest BCUT2D eigenvalue weighted by molar-refractivity contribution is 7.80. The molecule has 0 bridgehead atoms. The number of amides is 1. The van der Waals surface area contributed by atoms with Gasteiger partial charge in [0, 0.05) is 19.4 Å². The maximum absolute atomic E-state index is 11.8. The van der Waals surface area contributed by atoms with Gasteiger partial charge in [0.15, 0.2) is 0 Å². The Morgan fingerprint density at radius 1 is 0.806 bits per heavy atom. The van der Waals surface area contributed by atoms with Crippen LogP contribution in [0.4, 0.5) is 0 Å². The molecule has 0 aliphatic rings. The zero-order valence-corrected chi connectivity index (χ0v) is 21.7. The summed E-state index contributed by atoms with van der Waals surface area (Å²) < 4.78 is 32.0. The summed E-state index contributed by atoms with van der Waals surface area (Å²) in [5.74, 6) is 0.240. The van der Waals surface area contributed by atoms with E-state index in [0.29, 0.717) is 6.42 Å². The molecule has 0 aromatic rings. The zero-order chi connectivity index (χ0) is 24.0. The van der Waals surface area contributed by atoms with E-state index in [2.05, 4.69) is 37.6 Å². The minimum absolute atomic E-state index is 0.240. The Morgan fingerprint density at radius 2 is 1.19 bits per heavy atom. The van der Waals surface area contributed by atoms with Crippen LogP contribution in [-0.4, -0.2) is 64.7 Å². The zero-order valence-electron chi connectivity index (χ0n) is 20.9. The number of hydrogen-bond donors (Lipinski definition) is 1. The second-order valence-electron chi connectivity index (χ2n) is 9.28. The molecule has 0 aliphatic carbocycles. The van der Waals surface area contributed by atoms with Crippen molar-refractivity contribution >= 4 is 16.3 Å². The summed E-state index contributed by atoms with van der Waals surface area (Å²) in [7, 11) is 2.97. The van der Waals surface area contributed by atoms with Crippen molar-refractivity contribution in [1.82, 2.24) is 5.32 Å². The third-order valence-electron chi connectivity index (χ3n) is 5.04. The highest BCUT2D eigenvalue weighted by Gasteiger charge is 2.06. The lowest BCUT2D eigenvalue weighted by Gasteiger charge is -2.23. The van der Waals surface area contributed by atoms with Crippen LogP contribution in [0.15, 0.2) is 0 Å². The molecule has 0 aromatic heterocycles. The molecule has 7 nitrogen and oxygen atoms in total.